The summed E-state index contributed by atoms with van der Waals surface area (Å²) < 4.78 is 10.6. The molecule has 26 heavy (non-hydrogen) atoms. The number of rotatable bonds is 4. The van der Waals surface area contributed by atoms with Gasteiger partial charge in [0.05, 0.1) is 25.3 Å². The second kappa shape index (κ2) is 6.36. The topological polar surface area (TPSA) is 95.2 Å². The number of hydrogen-bond donors (Lipinski definition) is 2. The monoisotopic (exact) mass is 347 g/mol. The average Bonchev–Trinajstić information content (AvgIpc) is 2.67. The predicted octanol–water partition coefficient (Wildman–Crippen LogP) is 3.52. The molecule has 2 heterocycles. The zero-order valence-electron chi connectivity index (χ0n) is 14.4. The fraction of sp³-hybridized carbons (Fsp3) is 0.105. The van der Waals surface area contributed by atoms with Gasteiger partial charge in [-0.2, -0.15) is 4.98 Å². The van der Waals surface area contributed by atoms with Gasteiger partial charge in [0, 0.05) is 28.7 Å². The third kappa shape index (κ3) is 2.79. The molecule has 0 aliphatic carbocycles. The summed E-state index contributed by atoms with van der Waals surface area (Å²) in [4.78, 5) is 13.2. The number of benzene rings is 2. The van der Waals surface area contributed by atoms with Crippen LogP contribution in [0.1, 0.15) is 0 Å². The molecular weight excluding hydrogens is 330 g/mol. The first-order chi connectivity index (χ1) is 12.7. The molecule has 0 radical (unpaired) electrons. The molecule has 7 nitrogen and oxygen atoms in total. The van der Waals surface area contributed by atoms with Gasteiger partial charge in [0.1, 0.15) is 5.82 Å². The first-order valence-corrected chi connectivity index (χ1v) is 7.99. The number of nitrogens with two attached hydrogens (primary N) is 1. The number of nitrogens with zero attached hydrogens (tertiary/aromatic N) is 3. The number of anilines is 3. The largest absolute Gasteiger partial charge is 0.493 e. The molecule has 0 saturated carbocycles. The fourth-order valence-electron chi connectivity index (χ4n) is 2.82. The van der Waals surface area contributed by atoms with Crippen molar-refractivity contribution in [2.24, 2.45) is 0 Å². The van der Waals surface area contributed by atoms with Crippen molar-refractivity contribution < 1.29 is 9.47 Å². The Balaban J connectivity index is 1.75. The molecule has 0 aliphatic heterocycles. The third-order valence-corrected chi connectivity index (χ3v) is 4.09. The van der Waals surface area contributed by atoms with Gasteiger partial charge in [-0.1, -0.05) is 6.07 Å². The van der Waals surface area contributed by atoms with Crippen LogP contribution in [0.5, 0.6) is 11.5 Å². The van der Waals surface area contributed by atoms with E-state index in [-0.39, 0.29) is 0 Å². The Morgan fingerprint density at radius 2 is 1.73 bits per heavy atom. The molecule has 2 aromatic heterocycles. The first-order valence-electron chi connectivity index (χ1n) is 7.99. The van der Waals surface area contributed by atoms with Gasteiger partial charge in [-0.05, 0) is 30.3 Å². The van der Waals surface area contributed by atoms with Gasteiger partial charge in [0.25, 0.3) is 0 Å². The summed E-state index contributed by atoms with van der Waals surface area (Å²) in [6.45, 7) is 0. The van der Waals surface area contributed by atoms with E-state index >= 15 is 0 Å². The van der Waals surface area contributed by atoms with Gasteiger partial charge in [0.2, 0.25) is 5.95 Å². The minimum absolute atomic E-state index is 0.362. The van der Waals surface area contributed by atoms with E-state index in [9.17, 15) is 0 Å². The van der Waals surface area contributed by atoms with Crippen molar-refractivity contribution in [3.05, 3.63) is 48.7 Å². The van der Waals surface area contributed by atoms with E-state index in [1.807, 2.05) is 30.3 Å². The van der Waals surface area contributed by atoms with Gasteiger partial charge >= 0.3 is 0 Å². The number of aromatic nitrogens is 3. The van der Waals surface area contributed by atoms with Crippen LogP contribution in [-0.2, 0) is 0 Å². The van der Waals surface area contributed by atoms with Gasteiger partial charge in [0.15, 0.2) is 11.5 Å². The molecule has 7 heteroatoms. The Labute approximate surface area is 149 Å². The van der Waals surface area contributed by atoms with Crippen LogP contribution >= 0.6 is 0 Å². The Bertz CT molecular complexity index is 1110. The first kappa shape index (κ1) is 15.9. The van der Waals surface area contributed by atoms with Crippen LogP contribution in [0.4, 0.5) is 17.5 Å². The molecular formula is C19H17N5O2. The molecule has 3 N–H and O–H groups in total. The lowest BCUT2D eigenvalue weighted by Gasteiger charge is -2.12. The molecule has 0 amide bonds. The average molecular weight is 347 g/mol. The van der Waals surface area contributed by atoms with Crippen molar-refractivity contribution in [3.63, 3.8) is 0 Å². The number of pyridine rings is 1. The summed E-state index contributed by atoms with van der Waals surface area (Å²) in [6.07, 6.45) is 1.77. The van der Waals surface area contributed by atoms with E-state index in [1.54, 1.807) is 32.5 Å². The highest BCUT2D eigenvalue weighted by Gasteiger charge is 2.12. The molecule has 4 aromatic rings. The number of nitrogen functional groups attached to an aromatic ring is 1. The van der Waals surface area contributed by atoms with Crippen LogP contribution in [0, 0.1) is 0 Å². The maximum atomic E-state index is 6.12. The van der Waals surface area contributed by atoms with E-state index in [2.05, 4.69) is 20.3 Å². The van der Waals surface area contributed by atoms with E-state index in [0.717, 1.165) is 16.6 Å². The number of ether oxygens (including phenoxy) is 2. The van der Waals surface area contributed by atoms with Gasteiger partial charge in [-0.15, -0.1) is 0 Å². The summed E-state index contributed by atoms with van der Waals surface area (Å²) in [5.74, 6) is 1.94. The molecule has 0 atom stereocenters. The summed E-state index contributed by atoms with van der Waals surface area (Å²) in [5.41, 5.74) is 8.56. The third-order valence-electron chi connectivity index (χ3n) is 4.09. The second-order valence-electron chi connectivity index (χ2n) is 5.69. The van der Waals surface area contributed by atoms with Gasteiger partial charge in [-0.25, -0.2) is 4.98 Å². The van der Waals surface area contributed by atoms with Crippen LogP contribution in [-0.4, -0.2) is 29.2 Å². The molecule has 0 bridgehead atoms. The lowest BCUT2D eigenvalue weighted by molar-refractivity contribution is 0.356. The quantitative estimate of drug-likeness (QED) is 0.583. The molecule has 4 rings (SSSR count). The van der Waals surface area contributed by atoms with Gasteiger partial charge < -0.3 is 20.5 Å². The Morgan fingerprint density at radius 3 is 2.54 bits per heavy atom. The minimum Gasteiger partial charge on any atom is -0.493 e. The summed E-state index contributed by atoms with van der Waals surface area (Å²) in [7, 11) is 3.15. The van der Waals surface area contributed by atoms with E-state index < -0.39 is 0 Å². The van der Waals surface area contributed by atoms with Crippen molar-refractivity contribution in [1.29, 1.82) is 0 Å². The molecule has 0 fully saturated rings. The Hall–Kier alpha value is -3.61. The number of nitrogens with one attached hydrogen (secondary N) is 1. The molecule has 2 aromatic carbocycles. The molecule has 0 spiro atoms. The molecule has 0 unspecified atom stereocenters. The number of methoxy groups -OCH3 is 2. The van der Waals surface area contributed by atoms with E-state index in [0.29, 0.717) is 34.2 Å². The zero-order chi connectivity index (χ0) is 18.1. The highest BCUT2D eigenvalue weighted by atomic mass is 16.5. The second-order valence-corrected chi connectivity index (χ2v) is 5.69. The fourth-order valence-corrected chi connectivity index (χ4v) is 2.82. The predicted molar refractivity (Wildman–Crippen MR) is 102 cm³/mol. The summed E-state index contributed by atoms with van der Waals surface area (Å²) in [5, 5.41) is 4.92. The Morgan fingerprint density at radius 1 is 0.923 bits per heavy atom. The SMILES string of the molecule is COc1cc2nc(Nc3ccc4ncccc4c3)nc(N)c2cc1OC. The maximum Gasteiger partial charge on any atom is 0.229 e. The highest BCUT2D eigenvalue weighted by Crippen LogP contribution is 2.34. The van der Waals surface area contributed by atoms with Crippen molar-refractivity contribution in [2.45, 2.75) is 0 Å². The zero-order valence-corrected chi connectivity index (χ0v) is 14.4. The summed E-state index contributed by atoms with van der Waals surface area (Å²) in [6, 6.07) is 13.3. The summed E-state index contributed by atoms with van der Waals surface area (Å²) >= 11 is 0. The molecule has 130 valence electrons. The van der Waals surface area contributed by atoms with Crippen molar-refractivity contribution in [3.8, 4) is 11.5 Å². The van der Waals surface area contributed by atoms with Crippen molar-refractivity contribution in [1.82, 2.24) is 15.0 Å². The Kier molecular flexibility index (Phi) is 3.89. The highest BCUT2D eigenvalue weighted by molar-refractivity contribution is 5.92. The van der Waals surface area contributed by atoms with Crippen molar-refractivity contribution >= 4 is 39.3 Å². The smallest absolute Gasteiger partial charge is 0.229 e. The van der Waals surface area contributed by atoms with Crippen molar-refractivity contribution in [2.75, 3.05) is 25.3 Å². The lowest BCUT2D eigenvalue weighted by atomic mass is 10.2. The maximum absolute atomic E-state index is 6.12. The normalized spacial score (nSPS) is 10.8. The van der Waals surface area contributed by atoms with Crippen LogP contribution in [0.15, 0.2) is 48.7 Å². The molecule has 0 aliphatic rings. The van der Waals surface area contributed by atoms with E-state index in [1.165, 1.54) is 0 Å². The standard InChI is InChI=1S/C19H17N5O2/c1-25-16-9-13-15(10-17(16)26-2)23-19(24-18(13)20)22-12-5-6-14-11(8-12)4-3-7-21-14/h3-10H,1-2H3,(H3,20,22,23,24). The minimum atomic E-state index is 0.362. The lowest BCUT2D eigenvalue weighted by Crippen LogP contribution is -2.02. The van der Waals surface area contributed by atoms with Crippen LogP contribution in [0.3, 0.4) is 0 Å². The van der Waals surface area contributed by atoms with Crippen LogP contribution in [0.25, 0.3) is 21.8 Å². The molecule has 0 saturated heterocycles. The number of hydrogen-bond acceptors (Lipinski definition) is 7. The van der Waals surface area contributed by atoms with E-state index in [4.69, 9.17) is 15.2 Å². The van der Waals surface area contributed by atoms with Crippen LogP contribution in [0.2, 0.25) is 0 Å². The number of fused-ring (bicyclic) bond motifs is 2. The van der Waals surface area contributed by atoms with Crippen LogP contribution < -0.4 is 20.5 Å². The van der Waals surface area contributed by atoms with Gasteiger partial charge in [-0.3, -0.25) is 4.98 Å².